The summed E-state index contributed by atoms with van der Waals surface area (Å²) in [7, 11) is 0. The highest BCUT2D eigenvalue weighted by molar-refractivity contribution is 5.84. The summed E-state index contributed by atoms with van der Waals surface area (Å²) in [6.45, 7) is 6.40. The van der Waals surface area contributed by atoms with E-state index in [4.69, 9.17) is 4.74 Å². The molecule has 2 fully saturated rings. The zero-order chi connectivity index (χ0) is 22.2. The Balaban J connectivity index is 1.49. The third-order valence-electron chi connectivity index (χ3n) is 7.63. The fourth-order valence-electron chi connectivity index (χ4n) is 5.74. The second kappa shape index (κ2) is 8.74. The Morgan fingerprint density at radius 2 is 1.94 bits per heavy atom. The topological polar surface area (TPSA) is 41.6 Å². The SMILES string of the molecule is CC(C)C1(C(=O)N2CCc3c(cccc3C(F)(F)F)C2)CCC(NC2CCOCC2)C1. The minimum atomic E-state index is -4.36. The highest BCUT2D eigenvalue weighted by Gasteiger charge is 2.50. The number of halogens is 3. The second-order valence-corrected chi connectivity index (χ2v) is 9.72. The van der Waals surface area contributed by atoms with E-state index in [-0.39, 0.29) is 24.8 Å². The van der Waals surface area contributed by atoms with E-state index in [0.717, 1.165) is 51.4 Å². The van der Waals surface area contributed by atoms with Crippen molar-refractivity contribution in [3.05, 3.63) is 34.9 Å². The van der Waals surface area contributed by atoms with Gasteiger partial charge in [0.1, 0.15) is 0 Å². The number of benzene rings is 1. The molecule has 1 amide bonds. The molecule has 0 bridgehead atoms. The predicted octanol–water partition coefficient (Wildman–Crippen LogP) is 4.55. The molecule has 172 valence electrons. The van der Waals surface area contributed by atoms with Crippen LogP contribution in [0.25, 0.3) is 0 Å². The molecule has 0 spiro atoms. The number of hydrogen-bond donors (Lipinski definition) is 1. The molecule has 7 heteroatoms. The van der Waals surface area contributed by atoms with Crippen LogP contribution in [0.1, 0.15) is 62.6 Å². The lowest BCUT2D eigenvalue weighted by Crippen LogP contribution is -2.49. The average molecular weight is 439 g/mol. The fourth-order valence-corrected chi connectivity index (χ4v) is 5.74. The minimum Gasteiger partial charge on any atom is -0.381 e. The molecule has 4 nitrogen and oxygen atoms in total. The van der Waals surface area contributed by atoms with Crippen molar-refractivity contribution >= 4 is 5.91 Å². The largest absolute Gasteiger partial charge is 0.416 e. The number of carbonyl (C=O) groups excluding carboxylic acids is 1. The Kier molecular flexibility index (Phi) is 6.37. The Bertz CT molecular complexity index is 805. The Labute approximate surface area is 182 Å². The van der Waals surface area contributed by atoms with Gasteiger partial charge in [0.2, 0.25) is 5.91 Å². The number of amides is 1. The lowest BCUT2D eigenvalue weighted by molar-refractivity contribution is -0.146. The average Bonchev–Trinajstić information content (AvgIpc) is 3.17. The first-order valence-corrected chi connectivity index (χ1v) is 11.5. The monoisotopic (exact) mass is 438 g/mol. The first-order chi connectivity index (χ1) is 14.7. The van der Waals surface area contributed by atoms with Crippen LogP contribution in [0.4, 0.5) is 13.2 Å². The molecule has 0 radical (unpaired) electrons. The van der Waals surface area contributed by atoms with Gasteiger partial charge in [-0.15, -0.1) is 0 Å². The maximum absolute atomic E-state index is 13.7. The van der Waals surface area contributed by atoms with E-state index in [0.29, 0.717) is 29.8 Å². The van der Waals surface area contributed by atoms with E-state index in [1.807, 2.05) is 0 Å². The molecule has 2 heterocycles. The van der Waals surface area contributed by atoms with Crippen LogP contribution in [0.5, 0.6) is 0 Å². The molecule has 0 aromatic heterocycles. The Morgan fingerprint density at radius 3 is 2.61 bits per heavy atom. The lowest BCUT2D eigenvalue weighted by atomic mass is 9.73. The second-order valence-electron chi connectivity index (χ2n) is 9.72. The molecular weight excluding hydrogens is 405 g/mol. The van der Waals surface area contributed by atoms with Crippen LogP contribution >= 0.6 is 0 Å². The zero-order valence-electron chi connectivity index (χ0n) is 18.4. The van der Waals surface area contributed by atoms with Gasteiger partial charge in [0.15, 0.2) is 0 Å². The molecule has 1 aromatic carbocycles. The quantitative estimate of drug-likeness (QED) is 0.750. The molecule has 3 aliphatic rings. The number of alkyl halides is 3. The first-order valence-electron chi connectivity index (χ1n) is 11.5. The standard InChI is InChI=1S/C24H33F3N2O2/c1-16(2)23(10-6-19(14-23)28-18-8-12-31-13-9-18)22(30)29-11-7-20-17(15-29)4-3-5-21(20)24(25,26)27/h3-5,16,18-19,28H,6-15H2,1-2H3. The van der Waals surface area contributed by atoms with Gasteiger partial charge in [0.25, 0.3) is 0 Å². The Hall–Kier alpha value is -1.60. The van der Waals surface area contributed by atoms with Gasteiger partial charge in [-0.25, -0.2) is 0 Å². The van der Waals surface area contributed by atoms with E-state index in [1.165, 1.54) is 6.07 Å². The van der Waals surface area contributed by atoms with Gasteiger partial charge in [0, 0.05) is 38.4 Å². The van der Waals surface area contributed by atoms with Gasteiger partial charge in [-0.05, 0) is 61.6 Å². The van der Waals surface area contributed by atoms with Gasteiger partial charge in [-0.1, -0.05) is 26.0 Å². The summed E-state index contributed by atoms with van der Waals surface area (Å²) in [5.41, 5.74) is -0.0225. The highest BCUT2D eigenvalue weighted by atomic mass is 19.4. The molecule has 31 heavy (non-hydrogen) atoms. The van der Waals surface area contributed by atoms with Crippen LogP contribution < -0.4 is 5.32 Å². The number of carbonyl (C=O) groups is 1. The number of fused-ring (bicyclic) bond motifs is 1. The molecule has 4 rings (SSSR count). The van der Waals surface area contributed by atoms with Crippen molar-refractivity contribution in [3.8, 4) is 0 Å². The molecule has 1 aliphatic carbocycles. The zero-order valence-corrected chi connectivity index (χ0v) is 18.4. The maximum Gasteiger partial charge on any atom is 0.416 e. The van der Waals surface area contributed by atoms with Crippen molar-refractivity contribution in [3.63, 3.8) is 0 Å². The summed E-state index contributed by atoms with van der Waals surface area (Å²) in [6.07, 6.45) is 0.500. The predicted molar refractivity (Wildman–Crippen MR) is 112 cm³/mol. The normalized spacial score (nSPS) is 27.5. The van der Waals surface area contributed by atoms with E-state index < -0.39 is 17.2 Å². The van der Waals surface area contributed by atoms with Crippen molar-refractivity contribution in [1.29, 1.82) is 0 Å². The van der Waals surface area contributed by atoms with Crippen LogP contribution in [0, 0.1) is 11.3 Å². The molecule has 2 atom stereocenters. The van der Waals surface area contributed by atoms with Crippen molar-refractivity contribution in [2.75, 3.05) is 19.8 Å². The molecule has 1 aromatic rings. The van der Waals surface area contributed by atoms with Crippen LogP contribution in [0.3, 0.4) is 0 Å². The van der Waals surface area contributed by atoms with Crippen LogP contribution in [0.2, 0.25) is 0 Å². The van der Waals surface area contributed by atoms with Crippen LogP contribution in [-0.2, 0) is 28.7 Å². The smallest absolute Gasteiger partial charge is 0.381 e. The van der Waals surface area contributed by atoms with Gasteiger partial charge < -0.3 is 15.0 Å². The first kappa shape index (κ1) is 22.6. The molecule has 1 N–H and O–H groups in total. The lowest BCUT2D eigenvalue weighted by Gasteiger charge is -2.40. The number of ether oxygens (including phenoxy) is 1. The summed E-state index contributed by atoms with van der Waals surface area (Å²) in [5.74, 6) is 0.297. The van der Waals surface area contributed by atoms with Gasteiger partial charge in [-0.3, -0.25) is 4.79 Å². The van der Waals surface area contributed by atoms with Crippen molar-refractivity contribution < 1.29 is 22.7 Å². The van der Waals surface area contributed by atoms with Crippen LogP contribution in [0.15, 0.2) is 18.2 Å². The van der Waals surface area contributed by atoms with E-state index >= 15 is 0 Å². The number of nitrogens with one attached hydrogen (secondary N) is 1. The number of hydrogen-bond acceptors (Lipinski definition) is 3. The maximum atomic E-state index is 13.7. The fraction of sp³-hybridized carbons (Fsp3) is 0.708. The molecular formula is C24H33F3N2O2. The molecule has 2 aliphatic heterocycles. The minimum absolute atomic E-state index is 0.113. The van der Waals surface area contributed by atoms with Crippen molar-refractivity contribution in [2.45, 2.75) is 77.2 Å². The summed E-state index contributed by atoms with van der Waals surface area (Å²) in [6, 6.07) is 5.09. The molecule has 1 saturated heterocycles. The number of rotatable bonds is 4. The molecule has 1 saturated carbocycles. The molecule has 2 unspecified atom stereocenters. The highest BCUT2D eigenvalue weighted by Crippen LogP contribution is 2.47. The van der Waals surface area contributed by atoms with Crippen molar-refractivity contribution in [2.24, 2.45) is 11.3 Å². The summed E-state index contributed by atoms with van der Waals surface area (Å²) in [4.78, 5) is 15.6. The van der Waals surface area contributed by atoms with Gasteiger partial charge >= 0.3 is 6.18 Å². The van der Waals surface area contributed by atoms with Crippen LogP contribution in [-0.4, -0.2) is 42.6 Å². The summed E-state index contributed by atoms with van der Waals surface area (Å²) in [5, 5.41) is 3.75. The summed E-state index contributed by atoms with van der Waals surface area (Å²) >= 11 is 0. The third kappa shape index (κ3) is 4.49. The third-order valence-corrected chi connectivity index (χ3v) is 7.63. The summed E-state index contributed by atoms with van der Waals surface area (Å²) < 4.78 is 45.6. The van der Waals surface area contributed by atoms with Gasteiger partial charge in [0.05, 0.1) is 11.0 Å². The van der Waals surface area contributed by atoms with E-state index in [1.54, 1.807) is 11.0 Å². The van der Waals surface area contributed by atoms with Gasteiger partial charge in [-0.2, -0.15) is 13.2 Å². The van der Waals surface area contributed by atoms with E-state index in [9.17, 15) is 18.0 Å². The van der Waals surface area contributed by atoms with Crippen molar-refractivity contribution in [1.82, 2.24) is 10.2 Å². The Morgan fingerprint density at radius 1 is 1.19 bits per heavy atom. The number of nitrogens with zero attached hydrogens (tertiary/aromatic N) is 1. The van der Waals surface area contributed by atoms with E-state index in [2.05, 4.69) is 19.2 Å².